The molecule has 1 aromatic carbocycles. The molecule has 2 rings (SSSR count). The fourth-order valence-corrected chi connectivity index (χ4v) is 1.53. The highest BCUT2D eigenvalue weighted by Gasteiger charge is 2.01. The fourth-order valence-electron chi connectivity index (χ4n) is 1.53. The quantitative estimate of drug-likeness (QED) is 0.780. The van der Waals surface area contributed by atoms with E-state index < -0.39 is 0 Å². The van der Waals surface area contributed by atoms with Crippen LogP contribution in [-0.2, 0) is 6.61 Å². The molecule has 0 atom stereocenters. The first-order valence-corrected chi connectivity index (χ1v) is 5.36. The van der Waals surface area contributed by atoms with Crippen molar-refractivity contribution in [3.8, 4) is 5.75 Å². The molecule has 1 heterocycles. The van der Waals surface area contributed by atoms with Crippen LogP contribution in [0, 0.1) is 13.8 Å². The summed E-state index contributed by atoms with van der Waals surface area (Å²) in [5.74, 6) is 0.924. The minimum absolute atomic E-state index is 0.525. The smallest absolute Gasteiger partial charge is 0.130 e. The predicted molar refractivity (Wildman–Crippen MR) is 64.5 cm³/mol. The van der Waals surface area contributed by atoms with Gasteiger partial charge in [-0.1, -0.05) is 24.3 Å². The maximum absolute atomic E-state index is 5.74. The van der Waals surface area contributed by atoms with Crippen molar-refractivity contribution in [2.24, 2.45) is 0 Å². The molecule has 0 saturated carbocycles. The molecule has 2 heteroatoms. The van der Waals surface area contributed by atoms with E-state index in [2.05, 4.69) is 4.98 Å². The van der Waals surface area contributed by atoms with Gasteiger partial charge in [-0.05, 0) is 37.1 Å². The van der Waals surface area contributed by atoms with E-state index in [0.29, 0.717) is 6.61 Å². The Labute approximate surface area is 95.9 Å². The van der Waals surface area contributed by atoms with Gasteiger partial charge >= 0.3 is 0 Å². The molecule has 0 aliphatic carbocycles. The molecule has 0 aliphatic heterocycles. The Morgan fingerprint density at radius 2 is 1.75 bits per heavy atom. The first kappa shape index (κ1) is 10.7. The molecular weight excluding hydrogens is 198 g/mol. The highest BCUT2D eigenvalue weighted by atomic mass is 16.5. The zero-order chi connectivity index (χ0) is 11.4. The van der Waals surface area contributed by atoms with E-state index in [0.717, 1.165) is 22.6 Å². The standard InChI is InChI=1S/C14H15NO/c1-11-7-5-9-15-13(11)10-16-14-8-4-3-6-12(14)2/h3-9H,10H2,1-2H3. The number of pyridine rings is 1. The number of aromatic nitrogens is 1. The van der Waals surface area contributed by atoms with Gasteiger partial charge in [0, 0.05) is 6.20 Å². The van der Waals surface area contributed by atoms with Crippen molar-refractivity contribution in [2.75, 3.05) is 0 Å². The van der Waals surface area contributed by atoms with Crippen molar-refractivity contribution in [2.45, 2.75) is 20.5 Å². The maximum Gasteiger partial charge on any atom is 0.130 e. The molecule has 0 N–H and O–H groups in total. The summed E-state index contributed by atoms with van der Waals surface area (Å²) in [5.41, 5.74) is 3.30. The van der Waals surface area contributed by atoms with Crippen molar-refractivity contribution in [1.29, 1.82) is 0 Å². The Morgan fingerprint density at radius 1 is 1.00 bits per heavy atom. The van der Waals surface area contributed by atoms with Crippen molar-refractivity contribution in [1.82, 2.24) is 4.98 Å². The summed E-state index contributed by atoms with van der Waals surface area (Å²) in [4.78, 5) is 4.30. The summed E-state index contributed by atoms with van der Waals surface area (Å²) in [6.07, 6.45) is 1.80. The van der Waals surface area contributed by atoms with Crippen LogP contribution in [0.25, 0.3) is 0 Å². The summed E-state index contributed by atoms with van der Waals surface area (Å²) >= 11 is 0. The zero-order valence-electron chi connectivity index (χ0n) is 9.60. The minimum Gasteiger partial charge on any atom is -0.487 e. The number of rotatable bonds is 3. The lowest BCUT2D eigenvalue weighted by molar-refractivity contribution is 0.298. The van der Waals surface area contributed by atoms with Crippen molar-refractivity contribution < 1.29 is 4.74 Å². The Hall–Kier alpha value is -1.83. The molecule has 0 amide bonds. The van der Waals surface area contributed by atoms with Gasteiger partial charge in [-0.15, -0.1) is 0 Å². The number of hydrogen-bond acceptors (Lipinski definition) is 2. The van der Waals surface area contributed by atoms with E-state index in [1.165, 1.54) is 0 Å². The van der Waals surface area contributed by atoms with Gasteiger partial charge in [-0.2, -0.15) is 0 Å². The third kappa shape index (κ3) is 2.40. The molecule has 0 radical (unpaired) electrons. The molecule has 0 bridgehead atoms. The number of benzene rings is 1. The van der Waals surface area contributed by atoms with Gasteiger partial charge in [0.15, 0.2) is 0 Å². The van der Waals surface area contributed by atoms with Gasteiger partial charge in [0.05, 0.1) is 5.69 Å². The van der Waals surface area contributed by atoms with Gasteiger partial charge in [0.25, 0.3) is 0 Å². The van der Waals surface area contributed by atoms with Crippen LogP contribution in [0.3, 0.4) is 0 Å². The lowest BCUT2D eigenvalue weighted by Crippen LogP contribution is -2.01. The van der Waals surface area contributed by atoms with E-state index in [-0.39, 0.29) is 0 Å². The van der Waals surface area contributed by atoms with Crippen LogP contribution < -0.4 is 4.74 Å². The van der Waals surface area contributed by atoms with Crippen LogP contribution in [0.4, 0.5) is 0 Å². The van der Waals surface area contributed by atoms with Crippen LogP contribution in [-0.4, -0.2) is 4.98 Å². The molecule has 0 fully saturated rings. The number of hydrogen-bond donors (Lipinski definition) is 0. The van der Waals surface area contributed by atoms with E-state index in [1.807, 2.05) is 50.2 Å². The molecule has 1 aromatic heterocycles. The number of aryl methyl sites for hydroxylation is 2. The lowest BCUT2D eigenvalue weighted by Gasteiger charge is -2.09. The molecule has 82 valence electrons. The largest absolute Gasteiger partial charge is 0.487 e. The van der Waals surface area contributed by atoms with E-state index >= 15 is 0 Å². The van der Waals surface area contributed by atoms with Gasteiger partial charge in [-0.3, -0.25) is 4.98 Å². The molecule has 2 aromatic rings. The molecular formula is C14H15NO. The Balaban J connectivity index is 2.09. The highest BCUT2D eigenvalue weighted by molar-refractivity contribution is 5.32. The Morgan fingerprint density at radius 3 is 2.50 bits per heavy atom. The Kier molecular flexibility index (Phi) is 3.20. The van der Waals surface area contributed by atoms with Crippen LogP contribution in [0.1, 0.15) is 16.8 Å². The SMILES string of the molecule is Cc1ccccc1OCc1ncccc1C. The highest BCUT2D eigenvalue weighted by Crippen LogP contribution is 2.17. The predicted octanol–water partition coefficient (Wildman–Crippen LogP) is 3.28. The topological polar surface area (TPSA) is 22.1 Å². The number of para-hydroxylation sites is 1. The average Bonchev–Trinajstić information content (AvgIpc) is 2.30. The minimum atomic E-state index is 0.525. The molecule has 0 unspecified atom stereocenters. The second-order valence-electron chi connectivity index (χ2n) is 3.82. The average molecular weight is 213 g/mol. The van der Waals surface area contributed by atoms with E-state index in [9.17, 15) is 0 Å². The first-order valence-electron chi connectivity index (χ1n) is 5.36. The summed E-state index contributed by atoms with van der Waals surface area (Å²) < 4.78 is 5.74. The van der Waals surface area contributed by atoms with Gasteiger partial charge < -0.3 is 4.74 Å². The van der Waals surface area contributed by atoms with Gasteiger partial charge in [0.1, 0.15) is 12.4 Å². The normalized spacial score (nSPS) is 10.1. The maximum atomic E-state index is 5.74. The summed E-state index contributed by atoms with van der Waals surface area (Å²) in [6.45, 7) is 4.61. The van der Waals surface area contributed by atoms with Gasteiger partial charge in [0.2, 0.25) is 0 Å². The van der Waals surface area contributed by atoms with E-state index in [1.54, 1.807) is 6.20 Å². The van der Waals surface area contributed by atoms with Crippen LogP contribution in [0.2, 0.25) is 0 Å². The lowest BCUT2D eigenvalue weighted by atomic mass is 10.2. The number of ether oxygens (including phenoxy) is 1. The molecule has 0 aliphatic rings. The van der Waals surface area contributed by atoms with Crippen molar-refractivity contribution in [3.05, 3.63) is 59.4 Å². The molecule has 0 saturated heterocycles. The van der Waals surface area contributed by atoms with Crippen LogP contribution in [0.5, 0.6) is 5.75 Å². The Bertz CT molecular complexity index is 434. The fraction of sp³-hybridized carbons (Fsp3) is 0.214. The van der Waals surface area contributed by atoms with Crippen molar-refractivity contribution in [3.63, 3.8) is 0 Å². The molecule has 2 nitrogen and oxygen atoms in total. The van der Waals surface area contributed by atoms with E-state index in [4.69, 9.17) is 4.74 Å². The summed E-state index contributed by atoms with van der Waals surface area (Å²) in [5, 5.41) is 0. The third-order valence-electron chi connectivity index (χ3n) is 2.58. The van der Waals surface area contributed by atoms with Crippen molar-refractivity contribution >= 4 is 0 Å². The summed E-state index contributed by atoms with van der Waals surface area (Å²) in [6, 6.07) is 12.0. The molecule has 16 heavy (non-hydrogen) atoms. The zero-order valence-corrected chi connectivity index (χ0v) is 9.60. The second-order valence-corrected chi connectivity index (χ2v) is 3.82. The van der Waals surface area contributed by atoms with Crippen LogP contribution >= 0.6 is 0 Å². The second kappa shape index (κ2) is 4.79. The monoisotopic (exact) mass is 213 g/mol. The summed E-state index contributed by atoms with van der Waals surface area (Å²) in [7, 11) is 0. The van der Waals surface area contributed by atoms with Gasteiger partial charge in [-0.25, -0.2) is 0 Å². The third-order valence-corrected chi connectivity index (χ3v) is 2.58. The first-order chi connectivity index (χ1) is 7.77. The molecule has 0 spiro atoms. The van der Waals surface area contributed by atoms with Crippen LogP contribution in [0.15, 0.2) is 42.6 Å². The number of nitrogens with zero attached hydrogens (tertiary/aromatic N) is 1.